The zero-order chi connectivity index (χ0) is 14.8. The maximum atomic E-state index is 12.9. The van der Waals surface area contributed by atoms with Crippen molar-refractivity contribution >= 4 is 9.84 Å². The maximum absolute atomic E-state index is 12.9. The van der Waals surface area contributed by atoms with Gasteiger partial charge in [-0.3, -0.25) is 0 Å². The molecule has 2 aromatic carbocycles. The number of nitrogens with one attached hydrogen (secondary N) is 1. The van der Waals surface area contributed by atoms with Gasteiger partial charge in [-0.1, -0.05) is 29.8 Å². The van der Waals surface area contributed by atoms with Crippen LogP contribution in [0, 0.1) is 12.7 Å². The van der Waals surface area contributed by atoms with E-state index in [1.165, 1.54) is 24.3 Å². The molecule has 0 aliphatic heterocycles. The molecule has 0 spiro atoms. The van der Waals surface area contributed by atoms with Gasteiger partial charge >= 0.3 is 0 Å². The molecule has 1 unspecified atom stereocenters. The van der Waals surface area contributed by atoms with Crippen LogP contribution in [0.2, 0.25) is 0 Å². The monoisotopic (exact) mass is 293 g/mol. The van der Waals surface area contributed by atoms with Crippen molar-refractivity contribution in [2.75, 3.05) is 7.05 Å². The molecule has 0 aliphatic carbocycles. The zero-order valence-electron chi connectivity index (χ0n) is 11.3. The normalized spacial score (nSPS) is 13.2. The molecule has 2 aromatic rings. The van der Waals surface area contributed by atoms with Gasteiger partial charge in [0.15, 0.2) is 9.84 Å². The van der Waals surface area contributed by atoms with Crippen LogP contribution in [0.15, 0.2) is 53.4 Å². The van der Waals surface area contributed by atoms with Crippen LogP contribution in [0.3, 0.4) is 0 Å². The van der Waals surface area contributed by atoms with E-state index in [0.29, 0.717) is 5.56 Å². The third kappa shape index (κ3) is 2.89. The Morgan fingerprint density at radius 2 is 1.55 bits per heavy atom. The van der Waals surface area contributed by atoms with Crippen molar-refractivity contribution in [3.63, 3.8) is 0 Å². The molecular formula is C15H16FNO2S. The van der Waals surface area contributed by atoms with Crippen LogP contribution in [0.25, 0.3) is 0 Å². The van der Waals surface area contributed by atoms with Gasteiger partial charge in [-0.05, 0) is 43.8 Å². The molecule has 0 radical (unpaired) electrons. The van der Waals surface area contributed by atoms with Gasteiger partial charge in [-0.25, -0.2) is 12.8 Å². The summed E-state index contributed by atoms with van der Waals surface area (Å²) in [6.45, 7) is 1.89. The number of benzene rings is 2. The van der Waals surface area contributed by atoms with Crippen molar-refractivity contribution in [1.29, 1.82) is 0 Å². The summed E-state index contributed by atoms with van der Waals surface area (Å²) >= 11 is 0. The number of hydrogen-bond acceptors (Lipinski definition) is 3. The SMILES string of the molecule is CNC(c1ccc(F)cc1)S(=O)(=O)c1ccc(C)cc1. The Hall–Kier alpha value is -1.72. The summed E-state index contributed by atoms with van der Waals surface area (Å²) in [5, 5.41) is 1.88. The fourth-order valence-electron chi connectivity index (χ4n) is 2.00. The van der Waals surface area contributed by atoms with Gasteiger partial charge in [-0.2, -0.15) is 0 Å². The summed E-state index contributed by atoms with van der Waals surface area (Å²) < 4.78 is 38.2. The summed E-state index contributed by atoms with van der Waals surface area (Å²) in [6.07, 6.45) is 0. The molecule has 0 fully saturated rings. The molecule has 0 amide bonds. The van der Waals surface area contributed by atoms with E-state index >= 15 is 0 Å². The first kappa shape index (κ1) is 14.7. The predicted molar refractivity (Wildman–Crippen MR) is 76.6 cm³/mol. The molecular weight excluding hydrogens is 277 g/mol. The molecule has 106 valence electrons. The molecule has 0 saturated carbocycles. The molecule has 1 atom stereocenters. The first-order valence-electron chi connectivity index (χ1n) is 6.18. The second kappa shape index (κ2) is 5.73. The average molecular weight is 293 g/mol. The molecule has 20 heavy (non-hydrogen) atoms. The van der Waals surface area contributed by atoms with E-state index in [-0.39, 0.29) is 4.90 Å². The number of rotatable bonds is 4. The highest BCUT2D eigenvalue weighted by Gasteiger charge is 2.27. The summed E-state index contributed by atoms with van der Waals surface area (Å²) in [4.78, 5) is 0.242. The molecule has 0 aliphatic rings. The Balaban J connectivity index is 2.44. The van der Waals surface area contributed by atoms with Crippen molar-refractivity contribution in [2.24, 2.45) is 0 Å². The van der Waals surface area contributed by atoms with E-state index in [4.69, 9.17) is 0 Å². The first-order valence-corrected chi connectivity index (χ1v) is 7.73. The largest absolute Gasteiger partial charge is 0.300 e. The second-order valence-corrected chi connectivity index (χ2v) is 6.61. The van der Waals surface area contributed by atoms with E-state index in [9.17, 15) is 12.8 Å². The molecule has 0 bridgehead atoms. The van der Waals surface area contributed by atoms with Crippen LogP contribution in [0.1, 0.15) is 16.5 Å². The Morgan fingerprint density at radius 3 is 2.05 bits per heavy atom. The third-order valence-corrected chi connectivity index (χ3v) is 5.15. The van der Waals surface area contributed by atoms with Crippen molar-refractivity contribution in [1.82, 2.24) is 5.32 Å². The lowest BCUT2D eigenvalue weighted by atomic mass is 10.2. The molecule has 2 rings (SSSR count). The topological polar surface area (TPSA) is 46.2 Å². The van der Waals surface area contributed by atoms with Crippen LogP contribution in [-0.2, 0) is 9.84 Å². The minimum Gasteiger partial charge on any atom is -0.300 e. The molecule has 0 heterocycles. The summed E-state index contributed by atoms with van der Waals surface area (Å²) in [5.41, 5.74) is 1.50. The van der Waals surface area contributed by atoms with Gasteiger partial charge in [0.25, 0.3) is 0 Å². The van der Waals surface area contributed by atoms with Gasteiger partial charge in [0.05, 0.1) is 4.90 Å². The van der Waals surface area contributed by atoms with E-state index < -0.39 is 21.0 Å². The number of aryl methyl sites for hydroxylation is 1. The highest BCUT2D eigenvalue weighted by atomic mass is 32.2. The Bertz CT molecular complexity index is 679. The van der Waals surface area contributed by atoms with Crippen LogP contribution in [0.5, 0.6) is 0 Å². The van der Waals surface area contributed by atoms with E-state index in [1.807, 2.05) is 6.92 Å². The van der Waals surface area contributed by atoms with Crippen LogP contribution < -0.4 is 5.32 Å². The second-order valence-electron chi connectivity index (χ2n) is 4.58. The zero-order valence-corrected chi connectivity index (χ0v) is 12.1. The first-order chi connectivity index (χ1) is 9.45. The summed E-state index contributed by atoms with van der Waals surface area (Å²) in [5.74, 6) is -0.392. The van der Waals surface area contributed by atoms with Crippen molar-refractivity contribution in [3.05, 3.63) is 65.5 Å². The highest BCUT2D eigenvalue weighted by Crippen LogP contribution is 2.26. The Kier molecular flexibility index (Phi) is 4.20. The fourth-order valence-corrected chi connectivity index (χ4v) is 3.62. The van der Waals surface area contributed by atoms with Gasteiger partial charge in [0, 0.05) is 0 Å². The number of hydrogen-bond donors (Lipinski definition) is 1. The lowest BCUT2D eigenvalue weighted by molar-refractivity contribution is 0.569. The quantitative estimate of drug-likeness (QED) is 0.943. The van der Waals surface area contributed by atoms with Crippen molar-refractivity contribution in [3.8, 4) is 0 Å². The molecule has 5 heteroatoms. The molecule has 3 nitrogen and oxygen atoms in total. The molecule has 0 aromatic heterocycles. The van der Waals surface area contributed by atoms with Gasteiger partial charge in [-0.15, -0.1) is 0 Å². The molecule has 0 saturated heterocycles. The molecule has 1 N–H and O–H groups in total. The highest BCUT2D eigenvalue weighted by molar-refractivity contribution is 7.91. The summed E-state index contributed by atoms with van der Waals surface area (Å²) in [7, 11) is -2.00. The Labute approximate surface area is 118 Å². The van der Waals surface area contributed by atoms with E-state index in [0.717, 1.165) is 5.56 Å². The predicted octanol–water partition coefficient (Wildman–Crippen LogP) is 2.83. The van der Waals surface area contributed by atoms with Crippen LogP contribution in [-0.4, -0.2) is 15.5 Å². The third-order valence-electron chi connectivity index (χ3n) is 3.09. The smallest absolute Gasteiger partial charge is 0.198 e. The van der Waals surface area contributed by atoms with E-state index in [2.05, 4.69) is 5.32 Å². The van der Waals surface area contributed by atoms with Crippen LogP contribution in [0.4, 0.5) is 4.39 Å². The van der Waals surface area contributed by atoms with Crippen molar-refractivity contribution in [2.45, 2.75) is 17.2 Å². The van der Waals surface area contributed by atoms with E-state index in [1.54, 1.807) is 31.3 Å². The number of halogens is 1. The van der Waals surface area contributed by atoms with Crippen LogP contribution >= 0.6 is 0 Å². The lowest BCUT2D eigenvalue weighted by Gasteiger charge is -2.17. The lowest BCUT2D eigenvalue weighted by Crippen LogP contribution is -2.25. The van der Waals surface area contributed by atoms with Gasteiger partial charge < -0.3 is 5.32 Å². The fraction of sp³-hybridized carbons (Fsp3) is 0.200. The summed E-state index contributed by atoms with van der Waals surface area (Å²) in [6, 6.07) is 12.1. The standard InChI is InChI=1S/C15H16FNO2S/c1-11-3-9-14(10-4-11)20(18,19)15(17-2)12-5-7-13(16)8-6-12/h3-10,15,17H,1-2H3. The van der Waals surface area contributed by atoms with Crippen molar-refractivity contribution < 1.29 is 12.8 Å². The number of sulfone groups is 1. The minimum absolute atomic E-state index is 0.242. The minimum atomic E-state index is -3.57. The van der Waals surface area contributed by atoms with Gasteiger partial charge in [0.1, 0.15) is 11.2 Å². The Morgan fingerprint density at radius 1 is 1.00 bits per heavy atom. The maximum Gasteiger partial charge on any atom is 0.198 e. The van der Waals surface area contributed by atoms with Gasteiger partial charge in [0.2, 0.25) is 0 Å². The average Bonchev–Trinajstić information content (AvgIpc) is 2.42.